The van der Waals surface area contributed by atoms with Crippen molar-refractivity contribution in [1.82, 2.24) is 15.5 Å². The monoisotopic (exact) mass is 299 g/mol. The van der Waals surface area contributed by atoms with E-state index < -0.39 is 23.5 Å². The number of hydrogen-bond donors (Lipinski definition) is 3. The maximum atomic E-state index is 11.8. The molecular weight excluding hydrogens is 274 g/mol. The van der Waals surface area contributed by atoms with Crippen LogP contribution in [0.5, 0.6) is 0 Å². The van der Waals surface area contributed by atoms with Gasteiger partial charge in [0.1, 0.15) is 6.04 Å². The first-order valence-corrected chi connectivity index (χ1v) is 7.27. The molecule has 0 spiro atoms. The van der Waals surface area contributed by atoms with Gasteiger partial charge in [0, 0.05) is 20.6 Å². The SMILES string of the molecule is CC(NC(=O)NCC1(C(=O)O)CCCCC1)C(=O)N(C)C. The molecule has 3 N–H and O–H groups in total. The van der Waals surface area contributed by atoms with E-state index in [1.54, 1.807) is 21.0 Å². The summed E-state index contributed by atoms with van der Waals surface area (Å²) in [7, 11) is 3.22. The smallest absolute Gasteiger partial charge is 0.315 e. The van der Waals surface area contributed by atoms with Gasteiger partial charge in [-0.25, -0.2) is 4.79 Å². The Morgan fingerprint density at radius 1 is 1.19 bits per heavy atom. The van der Waals surface area contributed by atoms with Gasteiger partial charge in [-0.05, 0) is 19.8 Å². The van der Waals surface area contributed by atoms with Crippen molar-refractivity contribution in [2.45, 2.75) is 45.1 Å². The zero-order valence-corrected chi connectivity index (χ0v) is 12.9. The lowest BCUT2D eigenvalue weighted by Crippen LogP contribution is -2.51. The highest BCUT2D eigenvalue weighted by atomic mass is 16.4. The summed E-state index contributed by atoms with van der Waals surface area (Å²) in [5, 5.41) is 14.5. The molecule has 1 aliphatic rings. The molecule has 0 aromatic rings. The second kappa shape index (κ2) is 7.28. The summed E-state index contributed by atoms with van der Waals surface area (Å²) in [5.74, 6) is -1.07. The van der Waals surface area contributed by atoms with Crippen molar-refractivity contribution < 1.29 is 19.5 Å². The van der Waals surface area contributed by atoms with Crippen LogP contribution < -0.4 is 10.6 Å². The first kappa shape index (κ1) is 17.3. The molecule has 3 amide bonds. The standard InChI is InChI=1S/C14H25N3O4/c1-10(11(18)17(2)3)16-13(21)15-9-14(12(19)20)7-5-4-6-8-14/h10H,4-9H2,1-3H3,(H,19,20)(H2,15,16,21). The Kier molecular flexibility index (Phi) is 5.99. The Hall–Kier alpha value is -1.79. The highest BCUT2D eigenvalue weighted by molar-refractivity contribution is 5.86. The zero-order valence-electron chi connectivity index (χ0n) is 12.9. The van der Waals surface area contributed by atoms with E-state index in [0.717, 1.165) is 19.3 Å². The molecule has 0 aliphatic heterocycles. The number of carbonyl (C=O) groups excluding carboxylic acids is 2. The van der Waals surface area contributed by atoms with Crippen LogP contribution in [0.4, 0.5) is 4.79 Å². The number of rotatable bonds is 5. The van der Waals surface area contributed by atoms with E-state index in [4.69, 9.17) is 0 Å². The third-order valence-electron chi connectivity index (χ3n) is 4.01. The summed E-state index contributed by atoms with van der Waals surface area (Å²) in [6.07, 6.45) is 3.93. The summed E-state index contributed by atoms with van der Waals surface area (Å²) in [6, 6.07) is -1.16. The fourth-order valence-electron chi connectivity index (χ4n) is 2.64. The molecule has 0 saturated heterocycles. The number of carboxylic acids is 1. The molecule has 7 heteroatoms. The quantitative estimate of drug-likeness (QED) is 0.699. The molecule has 0 heterocycles. The van der Waals surface area contributed by atoms with Gasteiger partial charge in [-0.3, -0.25) is 9.59 Å². The molecule has 120 valence electrons. The Bertz CT molecular complexity index is 403. The van der Waals surface area contributed by atoms with Gasteiger partial charge in [0.15, 0.2) is 0 Å². The average Bonchev–Trinajstić information content (AvgIpc) is 2.44. The highest BCUT2D eigenvalue weighted by Gasteiger charge is 2.39. The Balaban J connectivity index is 2.51. The number of nitrogens with zero attached hydrogens (tertiary/aromatic N) is 1. The summed E-state index contributed by atoms with van der Waals surface area (Å²) in [5.41, 5.74) is -0.871. The molecule has 21 heavy (non-hydrogen) atoms. The van der Waals surface area contributed by atoms with E-state index >= 15 is 0 Å². The van der Waals surface area contributed by atoms with Gasteiger partial charge in [0.25, 0.3) is 0 Å². The molecule has 0 bridgehead atoms. The predicted octanol–water partition coefficient (Wildman–Crippen LogP) is 0.797. The van der Waals surface area contributed by atoms with Crippen LogP contribution in [0.1, 0.15) is 39.0 Å². The highest BCUT2D eigenvalue weighted by Crippen LogP contribution is 2.35. The molecule has 1 atom stereocenters. The third-order valence-corrected chi connectivity index (χ3v) is 4.01. The number of nitrogens with one attached hydrogen (secondary N) is 2. The minimum Gasteiger partial charge on any atom is -0.481 e. The molecule has 0 radical (unpaired) electrons. The number of carbonyl (C=O) groups is 3. The second-order valence-corrected chi connectivity index (χ2v) is 5.93. The predicted molar refractivity (Wildman–Crippen MR) is 77.8 cm³/mol. The van der Waals surface area contributed by atoms with E-state index in [1.165, 1.54) is 4.90 Å². The fraction of sp³-hybridized carbons (Fsp3) is 0.786. The number of amides is 3. The minimum atomic E-state index is -0.871. The normalized spacial score (nSPS) is 18.4. The number of likely N-dealkylation sites (N-methyl/N-ethyl adjacent to an activating group) is 1. The van der Waals surface area contributed by atoms with Crippen molar-refractivity contribution >= 4 is 17.9 Å². The van der Waals surface area contributed by atoms with Gasteiger partial charge < -0.3 is 20.6 Å². The Morgan fingerprint density at radius 3 is 2.24 bits per heavy atom. The van der Waals surface area contributed by atoms with Crippen LogP contribution in [0, 0.1) is 5.41 Å². The Morgan fingerprint density at radius 2 is 1.76 bits per heavy atom. The number of aliphatic carboxylic acids is 1. The Labute approximate surface area is 125 Å². The van der Waals surface area contributed by atoms with E-state index in [1.807, 2.05) is 0 Å². The minimum absolute atomic E-state index is 0.0943. The molecule has 1 fully saturated rings. The molecule has 1 unspecified atom stereocenters. The first-order chi connectivity index (χ1) is 9.78. The first-order valence-electron chi connectivity index (χ1n) is 7.27. The van der Waals surface area contributed by atoms with Crippen LogP contribution in [0.25, 0.3) is 0 Å². The van der Waals surface area contributed by atoms with Gasteiger partial charge >= 0.3 is 12.0 Å². The van der Waals surface area contributed by atoms with Crippen LogP contribution in [-0.4, -0.2) is 54.6 Å². The summed E-state index contributed by atoms with van der Waals surface area (Å²) in [4.78, 5) is 36.3. The van der Waals surface area contributed by atoms with Crippen LogP contribution in [0.2, 0.25) is 0 Å². The van der Waals surface area contributed by atoms with E-state index in [2.05, 4.69) is 10.6 Å². The molecule has 1 aliphatic carbocycles. The van der Waals surface area contributed by atoms with Crippen molar-refractivity contribution in [3.8, 4) is 0 Å². The van der Waals surface area contributed by atoms with Gasteiger partial charge in [0.05, 0.1) is 5.41 Å². The van der Waals surface area contributed by atoms with Crippen molar-refractivity contribution in [1.29, 1.82) is 0 Å². The maximum absolute atomic E-state index is 11.8. The zero-order chi connectivity index (χ0) is 16.0. The lowest BCUT2D eigenvalue weighted by Gasteiger charge is -2.33. The second-order valence-electron chi connectivity index (χ2n) is 5.93. The topological polar surface area (TPSA) is 98.7 Å². The summed E-state index contributed by atoms with van der Waals surface area (Å²) < 4.78 is 0. The third kappa shape index (κ3) is 4.61. The molecule has 0 aromatic heterocycles. The van der Waals surface area contributed by atoms with E-state index in [-0.39, 0.29) is 12.5 Å². The van der Waals surface area contributed by atoms with Gasteiger partial charge in [0.2, 0.25) is 5.91 Å². The van der Waals surface area contributed by atoms with Crippen molar-refractivity contribution in [3.63, 3.8) is 0 Å². The van der Waals surface area contributed by atoms with Crippen molar-refractivity contribution in [2.75, 3.05) is 20.6 Å². The lowest BCUT2D eigenvalue weighted by atomic mass is 9.74. The number of carboxylic acid groups (broad SMARTS) is 1. The van der Waals surface area contributed by atoms with Gasteiger partial charge in [-0.15, -0.1) is 0 Å². The molecule has 0 aromatic carbocycles. The molecule has 7 nitrogen and oxygen atoms in total. The lowest BCUT2D eigenvalue weighted by molar-refractivity contribution is -0.150. The molecule has 1 rings (SSSR count). The van der Waals surface area contributed by atoms with E-state index in [9.17, 15) is 19.5 Å². The number of urea groups is 1. The summed E-state index contributed by atoms with van der Waals surface area (Å²) >= 11 is 0. The largest absolute Gasteiger partial charge is 0.481 e. The van der Waals surface area contributed by atoms with Crippen molar-refractivity contribution in [3.05, 3.63) is 0 Å². The average molecular weight is 299 g/mol. The maximum Gasteiger partial charge on any atom is 0.315 e. The fourth-order valence-corrected chi connectivity index (χ4v) is 2.64. The summed E-state index contributed by atoms with van der Waals surface area (Å²) in [6.45, 7) is 1.69. The van der Waals surface area contributed by atoms with Gasteiger partial charge in [-0.1, -0.05) is 19.3 Å². The van der Waals surface area contributed by atoms with Crippen LogP contribution >= 0.6 is 0 Å². The molecule has 1 saturated carbocycles. The van der Waals surface area contributed by atoms with Gasteiger partial charge in [-0.2, -0.15) is 0 Å². The number of hydrogen-bond acceptors (Lipinski definition) is 3. The molecular formula is C14H25N3O4. The van der Waals surface area contributed by atoms with E-state index in [0.29, 0.717) is 12.8 Å². The van der Waals surface area contributed by atoms with Crippen molar-refractivity contribution in [2.24, 2.45) is 5.41 Å². The van der Waals surface area contributed by atoms with Crippen LogP contribution in [0.3, 0.4) is 0 Å². The van der Waals surface area contributed by atoms with Crippen LogP contribution in [0.15, 0.2) is 0 Å². The van der Waals surface area contributed by atoms with Crippen LogP contribution in [-0.2, 0) is 9.59 Å².